The number of aromatic nitrogens is 1. The number of carbonyl (C=O) groups is 1. The van der Waals surface area contributed by atoms with Crippen molar-refractivity contribution < 1.29 is 9.53 Å². The molecule has 1 aromatic heterocycles. The first-order valence-electron chi connectivity index (χ1n) is 9.09. The molecule has 0 unspecified atom stereocenters. The van der Waals surface area contributed by atoms with E-state index in [0.29, 0.717) is 12.2 Å². The van der Waals surface area contributed by atoms with Gasteiger partial charge in [0.15, 0.2) is 0 Å². The van der Waals surface area contributed by atoms with E-state index in [4.69, 9.17) is 4.74 Å². The number of unbranched alkanes of at least 4 members (excludes halogenated alkanes) is 1. The normalized spacial score (nSPS) is 10.3. The SMILES string of the molecule is CCCCNC(=O)c1cc(Nc2ccc(Oc3ccccc3)cc2)ccn1. The second-order valence-electron chi connectivity index (χ2n) is 6.10. The summed E-state index contributed by atoms with van der Waals surface area (Å²) in [6.07, 6.45) is 3.63. The molecule has 1 heterocycles. The van der Waals surface area contributed by atoms with Gasteiger partial charge in [0.25, 0.3) is 5.91 Å². The quantitative estimate of drug-likeness (QED) is 0.545. The van der Waals surface area contributed by atoms with Crippen molar-refractivity contribution in [2.24, 2.45) is 0 Å². The van der Waals surface area contributed by atoms with Gasteiger partial charge < -0.3 is 15.4 Å². The molecule has 0 radical (unpaired) electrons. The van der Waals surface area contributed by atoms with Gasteiger partial charge in [0.05, 0.1) is 0 Å². The van der Waals surface area contributed by atoms with E-state index in [1.165, 1.54) is 0 Å². The van der Waals surface area contributed by atoms with Crippen LogP contribution in [0.2, 0.25) is 0 Å². The molecule has 0 bridgehead atoms. The van der Waals surface area contributed by atoms with E-state index < -0.39 is 0 Å². The minimum atomic E-state index is -0.154. The molecule has 0 saturated carbocycles. The third kappa shape index (κ3) is 5.57. The number of rotatable bonds is 8. The fraction of sp³-hybridized carbons (Fsp3) is 0.182. The van der Waals surface area contributed by atoms with Gasteiger partial charge in [-0.05, 0) is 55.0 Å². The number of ether oxygens (including phenoxy) is 1. The van der Waals surface area contributed by atoms with E-state index in [1.807, 2.05) is 60.7 Å². The average Bonchev–Trinajstić information content (AvgIpc) is 2.71. The lowest BCUT2D eigenvalue weighted by atomic mass is 10.2. The number of hydrogen-bond donors (Lipinski definition) is 2. The van der Waals surface area contributed by atoms with Gasteiger partial charge in [0.2, 0.25) is 0 Å². The largest absolute Gasteiger partial charge is 0.457 e. The van der Waals surface area contributed by atoms with Gasteiger partial charge in [0.1, 0.15) is 17.2 Å². The van der Waals surface area contributed by atoms with Gasteiger partial charge in [-0.1, -0.05) is 31.5 Å². The summed E-state index contributed by atoms with van der Waals surface area (Å²) in [5.74, 6) is 1.40. The predicted octanol–water partition coefficient (Wildman–Crippen LogP) is 5.15. The standard InChI is InChI=1S/C22H23N3O2/c1-2-3-14-24-22(26)21-16-18(13-15-23-21)25-17-9-11-20(12-10-17)27-19-7-5-4-6-8-19/h4-13,15-16H,2-3,14H2,1H3,(H,23,25)(H,24,26). The van der Waals surface area contributed by atoms with Crippen LogP contribution in [0, 0.1) is 0 Å². The van der Waals surface area contributed by atoms with Crippen molar-refractivity contribution in [2.45, 2.75) is 19.8 Å². The van der Waals surface area contributed by atoms with Gasteiger partial charge in [-0.3, -0.25) is 9.78 Å². The lowest BCUT2D eigenvalue weighted by Gasteiger charge is -2.10. The second-order valence-corrected chi connectivity index (χ2v) is 6.10. The van der Waals surface area contributed by atoms with Crippen molar-refractivity contribution in [3.63, 3.8) is 0 Å². The van der Waals surface area contributed by atoms with Crippen molar-refractivity contribution in [1.29, 1.82) is 0 Å². The monoisotopic (exact) mass is 361 g/mol. The van der Waals surface area contributed by atoms with Crippen LogP contribution in [0.25, 0.3) is 0 Å². The first-order valence-corrected chi connectivity index (χ1v) is 9.09. The minimum Gasteiger partial charge on any atom is -0.457 e. The molecule has 0 spiro atoms. The number of nitrogens with zero attached hydrogens (tertiary/aromatic N) is 1. The summed E-state index contributed by atoms with van der Waals surface area (Å²) in [7, 11) is 0. The van der Waals surface area contributed by atoms with Crippen molar-refractivity contribution >= 4 is 17.3 Å². The van der Waals surface area contributed by atoms with Crippen LogP contribution >= 0.6 is 0 Å². The molecule has 0 fully saturated rings. The number of anilines is 2. The molecule has 5 nitrogen and oxygen atoms in total. The molecule has 3 aromatic rings. The van der Waals surface area contributed by atoms with Crippen LogP contribution in [0.4, 0.5) is 11.4 Å². The van der Waals surface area contributed by atoms with Crippen LogP contribution in [0.5, 0.6) is 11.5 Å². The molecule has 0 aliphatic heterocycles. The van der Waals surface area contributed by atoms with E-state index in [9.17, 15) is 4.79 Å². The number of amides is 1. The number of benzene rings is 2. The number of para-hydroxylation sites is 1. The first kappa shape index (κ1) is 18.5. The lowest BCUT2D eigenvalue weighted by Crippen LogP contribution is -2.25. The molecule has 0 aliphatic rings. The summed E-state index contributed by atoms with van der Waals surface area (Å²) in [5, 5.41) is 6.16. The van der Waals surface area contributed by atoms with E-state index in [1.54, 1.807) is 12.3 Å². The minimum absolute atomic E-state index is 0.154. The summed E-state index contributed by atoms with van der Waals surface area (Å²) in [6.45, 7) is 2.75. The van der Waals surface area contributed by atoms with E-state index in [2.05, 4.69) is 22.5 Å². The highest BCUT2D eigenvalue weighted by atomic mass is 16.5. The maximum atomic E-state index is 12.1. The zero-order valence-corrected chi connectivity index (χ0v) is 15.3. The third-order valence-corrected chi connectivity index (χ3v) is 3.93. The summed E-state index contributed by atoms with van der Waals surface area (Å²) in [6, 6.07) is 20.9. The smallest absolute Gasteiger partial charge is 0.269 e. The molecule has 3 rings (SSSR count). The fourth-order valence-electron chi connectivity index (χ4n) is 2.50. The molecule has 5 heteroatoms. The highest BCUT2D eigenvalue weighted by molar-refractivity contribution is 5.93. The number of carbonyl (C=O) groups excluding carboxylic acids is 1. The molecule has 27 heavy (non-hydrogen) atoms. The molecule has 0 atom stereocenters. The van der Waals surface area contributed by atoms with Crippen molar-refractivity contribution in [3.05, 3.63) is 78.6 Å². The van der Waals surface area contributed by atoms with Gasteiger partial charge in [0, 0.05) is 24.1 Å². The van der Waals surface area contributed by atoms with Crippen LogP contribution in [-0.4, -0.2) is 17.4 Å². The topological polar surface area (TPSA) is 63.2 Å². The lowest BCUT2D eigenvalue weighted by molar-refractivity contribution is 0.0948. The number of hydrogen-bond acceptors (Lipinski definition) is 4. The van der Waals surface area contributed by atoms with Gasteiger partial charge in [-0.25, -0.2) is 0 Å². The maximum Gasteiger partial charge on any atom is 0.269 e. The molecule has 138 valence electrons. The fourth-order valence-corrected chi connectivity index (χ4v) is 2.50. The first-order chi connectivity index (χ1) is 13.2. The van der Waals surface area contributed by atoms with Crippen molar-refractivity contribution in [2.75, 3.05) is 11.9 Å². The van der Waals surface area contributed by atoms with Gasteiger partial charge in [-0.2, -0.15) is 0 Å². The predicted molar refractivity (Wildman–Crippen MR) is 108 cm³/mol. The molecule has 1 amide bonds. The van der Waals surface area contributed by atoms with Gasteiger partial charge >= 0.3 is 0 Å². The summed E-state index contributed by atoms with van der Waals surface area (Å²) in [5.41, 5.74) is 2.11. The third-order valence-electron chi connectivity index (χ3n) is 3.93. The summed E-state index contributed by atoms with van der Waals surface area (Å²) in [4.78, 5) is 16.3. The zero-order chi connectivity index (χ0) is 18.9. The number of nitrogens with one attached hydrogen (secondary N) is 2. The Morgan fingerprint density at radius 2 is 1.70 bits per heavy atom. The Balaban J connectivity index is 1.61. The van der Waals surface area contributed by atoms with Crippen molar-refractivity contribution in [3.8, 4) is 11.5 Å². The Morgan fingerprint density at radius 3 is 2.44 bits per heavy atom. The Morgan fingerprint density at radius 1 is 0.963 bits per heavy atom. The van der Waals surface area contributed by atoms with Crippen molar-refractivity contribution in [1.82, 2.24) is 10.3 Å². The zero-order valence-electron chi connectivity index (χ0n) is 15.3. The maximum absolute atomic E-state index is 12.1. The molecular formula is C22H23N3O2. The molecule has 0 saturated heterocycles. The van der Waals surface area contributed by atoms with Crippen LogP contribution in [0.15, 0.2) is 72.9 Å². The Bertz CT molecular complexity index is 864. The Kier molecular flexibility index (Phi) is 6.41. The average molecular weight is 361 g/mol. The van der Waals surface area contributed by atoms with E-state index in [-0.39, 0.29) is 5.91 Å². The van der Waals surface area contributed by atoms with E-state index in [0.717, 1.165) is 35.7 Å². The van der Waals surface area contributed by atoms with Crippen LogP contribution in [0.3, 0.4) is 0 Å². The second kappa shape index (κ2) is 9.38. The Labute approximate surface area is 159 Å². The number of pyridine rings is 1. The molecule has 0 aliphatic carbocycles. The molecule has 2 aromatic carbocycles. The summed E-state index contributed by atoms with van der Waals surface area (Å²) < 4.78 is 5.79. The molecule has 2 N–H and O–H groups in total. The highest BCUT2D eigenvalue weighted by Crippen LogP contribution is 2.24. The van der Waals surface area contributed by atoms with Crippen LogP contribution in [-0.2, 0) is 0 Å². The highest BCUT2D eigenvalue weighted by Gasteiger charge is 2.07. The van der Waals surface area contributed by atoms with Gasteiger partial charge in [-0.15, -0.1) is 0 Å². The summed E-state index contributed by atoms with van der Waals surface area (Å²) >= 11 is 0. The van der Waals surface area contributed by atoms with Crippen LogP contribution < -0.4 is 15.4 Å². The van der Waals surface area contributed by atoms with Crippen LogP contribution in [0.1, 0.15) is 30.3 Å². The molecular weight excluding hydrogens is 338 g/mol. The van der Waals surface area contributed by atoms with E-state index >= 15 is 0 Å². The Hall–Kier alpha value is -3.34.